The highest BCUT2D eigenvalue weighted by atomic mass is 32.1. The van der Waals surface area contributed by atoms with E-state index in [1.165, 1.54) is 0 Å². The highest BCUT2D eigenvalue weighted by molar-refractivity contribution is 7.13. The Hall–Kier alpha value is -3.51. The number of nitrogens with two attached hydrogens (primary N) is 1. The van der Waals surface area contributed by atoms with Gasteiger partial charge in [-0.15, -0.1) is 11.3 Å². The molecular formula is C22H17N3O2S. The van der Waals surface area contributed by atoms with Crippen molar-refractivity contribution in [2.75, 3.05) is 0 Å². The minimum Gasteiger partial charge on any atom is -0.366 e. The monoisotopic (exact) mass is 387 g/mol. The Bertz CT molecular complexity index is 1170. The van der Waals surface area contributed by atoms with Crippen molar-refractivity contribution >= 4 is 34.1 Å². The number of nitrogens with one attached hydrogen (secondary N) is 1. The number of carbonyl (C=O) groups excluding carboxylic acids is 2. The summed E-state index contributed by atoms with van der Waals surface area (Å²) >= 11 is 1.58. The van der Waals surface area contributed by atoms with Crippen molar-refractivity contribution in [2.45, 2.75) is 6.54 Å². The van der Waals surface area contributed by atoms with Crippen molar-refractivity contribution in [3.05, 3.63) is 88.8 Å². The lowest BCUT2D eigenvalue weighted by molar-refractivity contribution is 0.0952. The number of carbonyl (C=O) groups is 2. The highest BCUT2D eigenvalue weighted by Gasteiger charge is 2.14. The van der Waals surface area contributed by atoms with Crippen molar-refractivity contribution in [3.63, 3.8) is 0 Å². The molecule has 2 aromatic heterocycles. The Morgan fingerprint density at radius 2 is 1.86 bits per heavy atom. The fourth-order valence-corrected chi connectivity index (χ4v) is 3.71. The average Bonchev–Trinajstić information content (AvgIpc) is 3.26. The van der Waals surface area contributed by atoms with E-state index in [-0.39, 0.29) is 5.91 Å². The summed E-state index contributed by atoms with van der Waals surface area (Å²) in [4.78, 5) is 30.0. The second-order valence-electron chi connectivity index (χ2n) is 6.30. The van der Waals surface area contributed by atoms with E-state index in [9.17, 15) is 9.59 Å². The minimum atomic E-state index is -0.492. The van der Waals surface area contributed by atoms with Gasteiger partial charge in [0, 0.05) is 17.5 Å². The molecule has 0 bridgehead atoms. The number of aromatic nitrogens is 1. The molecule has 0 atom stereocenters. The van der Waals surface area contributed by atoms with Gasteiger partial charge in [-0.05, 0) is 41.3 Å². The van der Waals surface area contributed by atoms with Gasteiger partial charge in [0.1, 0.15) is 0 Å². The molecule has 0 unspecified atom stereocenters. The van der Waals surface area contributed by atoms with Crippen LogP contribution >= 0.6 is 11.3 Å². The molecule has 0 saturated carbocycles. The number of rotatable bonds is 5. The van der Waals surface area contributed by atoms with E-state index in [2.05, 4.69) is 10.3 Å². The molecule has 5 nitrogen and oxygen atoms in total. The normalized spacial score (nSPS) is 10.7. The standard InChI is InChI=1S/C22H17N3O2S/c23-21(26)15-6-3-5-14(11-15)13-24-22(27)17-12-19(20-9-4-10-28-20)25-18-8-2-1-7-16(17)18/h1-12H,13H2,(H2,23,26)(H,24,27). The fourth-order valence-electron chi connectivity index (χ4n) is 3.03. The Morgan fingerprint density at radius 1 is 1.00 bits per heavy atom. The Labute approximate surface area is 165 Å². The molecule has 0 aliphatic heterocycles. The fraction of sp³-hybridized carbons (Fsp3) is 0.0455. The number of pyridine rings is 1. The summed E-state index contributed by atoms with van der Waals surface area (Å²) in [6.45, 7) is 0.297. The van der Waals surface area contributed by atoms with Crippen molar-refractivity contribution in [1.29, 1.82) is 0 Å². The molecule has 0 fully saturated rings. The molecule has 0 aliphatic carbocycles. The number of nitrogens with zero attached hydrogens (tertiary/aromatic N) is 1. The molecule has 4 aromatic rings. The van der Waals surface area contributed by atoms with Gasteiger partial charge in [-0.25, -0.2) is 4.98 Å². The quantitative estimate of drug-likeness (QED) is 0.543. The maximum Gasteiger partial charge on any atom is 0.252 e. The predicted molar refractivity (Wildman–Crippen MR) is 111 cm³/mol. The molecule has 28 heavy (non-hydrogen) atoms. The maximum absolute atomic E-state index is 12.9. The zero-order chi connectivity index (χ0) is 19.5. The van der Waals surface area contributed by atoms with Crippen molar-refractivity contribution in [2.24, 2.45) is 5.73 Å². The van der Waals surface area contributed by atoms with Gasteiger partial charge in [-0.1, -0.05) is 36.4 Å². The van der Waals surface area contributed by atoms with Crippen LogP contribution in [0, 0.1) is 0 Å². The smallest absolute Gasteiger partial charge is 0.252 e. The SMILES string of the molecule is NC(=O)c1cccc(CNC(=O)c2cc(-c3cccs3)nc3ccccc23)c1. The zero-order valence-electron chi connectivity index (χ0n) is 14.9. The highest BCUT2D eigenvalue weighted by Crippen LogP contribution is 2.27. The van der Waals surface area contributed by atoms with E-state index < -0.39 is 5.91 Å². The molecule has 2 amide bonds. The summed E-state index contributed by atoms with van der Waals surface area (Å²) in [5, 5.41) is 5.71. The lowest BCUT2D eigenvalue weighted by Crippen LogP contribution is -2.23. The Balaban J connectivity index is 1.65. The number of para-hydroxylation sites is 1. The molecule has 0 radical (unpaired) electrons. The van der Waals surface area contributed by atoms with E-state index in [0.717, 1.165) is 27.0 Å². The lowest BCUT2D eigenvalue weighted by atomic mass is 10.1. The van der Waals surface area contributed by atoms with Crippen LogP contribution in [0.1, 0.15) is 26.3 Å². The molecule has 138 valence electrons. The van der Waals surface area contributed by atoms with Crippen molar-refractivity contribution < 1.29 is 9.59 Å². The van der Waals surface area contributed by atoms with Gasteiger partial charge >= 0.3 is 0 Å². The third kappa shape index (κ3) is 3.63. The zero-order valence-corrected chi connectivity index (χ0v) is 15.7. The number of amides is 2. The summed E-state index contributed by atoms with van der Waals surface area (Å²) in [6, 6.07) is 20.3. The van der Waals surface area contributed by atoms with Crippen LogP contribution in [0.3, 0.4) is 0 Å². The summed E-state index contributed by atoms with van der Waals surface area (Å²) in [7, 11) is 0. The van der Waals surface area contributed by atoms with Gasteiger partial charge < -0.3 is 11.1 Å². The van der Waals surface area contributed by atoms with Gasteiger partial charge in [-0.3, -0.25) is 9.59 Å². The number of hydrogen-bond donors (Lipinski definition) is 2. The summed E-state index contributed by atoms with van der Waals surface area (Å²) < 4.78 is 0. The van der Waals surface area contributed by atoms with E-state index in [1.54, 1.807) is 29.5 Å². The first-order valence-electron chi connectivity index (χ1n) is 8.72. The molecule has 2 aromatic carbocycles. The summed E-state index contributed by atoms with van der Waals surface area (Å²) in [6.07, 6.45) is 0. The van der Waals surface area contributed by atoms with Gasteiger partial charge in [0.25, 0.3) is 5.91 Å². The molecule has 0 aliphatic rings. The first-order chi connectivity index (χ1) is 13.6. The molecular weight excluding hydrogens is 370 g/mol. The largest absolute Gasteiger partial charge is 0.366 e. The van der Waals surface area contributed by atoms with Crippen LogP contribution < -0.4 is 11.1 Å². The Kier molecular flexibility index (Phi) is 4.87. The first kappa shape index (κ1) is 17.9. The van der Waals surface area contributed by atoms with Crippen LogP contribution in [0.25, 0.3) is 21.5 Å². The van der Waals surface area contributed by atoms with Gasteiger partial charge in [0.15, 0.2) is 0 Å². The maximum atomic E-state index is 12.9. The van der Waals surface area contributed by atoms with Crippen LogP contribution in [-0.2, 0) is 6.54 Å². The summed E-state index contributed by atoms with van der Waals surface area (Å²) in [5.74, 6) is -0.685. The molecule has 6 heteroatoms. The van der Waals surface area contributed by atoms with Crippen LogP contribution in [-0.4, -0.2) is 16.8 Å². The average molecular weight is 387 g/mol. The molecule has 0 saturated heterocycles. The van der Waals surface area contributed by atoms with Crippen molar-refractivity contribution in [1.82, 2.24) is 10.3 Å². The number of benzene rings is 2. The van der Waals surface area contributed by atoms with Crippen LogP contribution in [0.15, 0.2) is 72.1 Å². The van der Waals surface area contributed by atoms with E-state index >= 15 is 0 Å². The second-order valence-corrected chi connectivity index (χ2v) is 7.24. The van der Waals surface area contributed by atoms with Crippen LogP contribution in [0.2, 0.25) is 0 Å². The molecule has 0 spiro atoms. The second kappa shape index (κ2) is 7.62. The van der Waals surface area contributed by atoms with E-state index in [1.807, 2.05) is 53.9 Å². The van der Waals surface area contributed by atoms with E-state index in [4.69, 9.17) is 5.73 Å². The summed E-state index contributed by atoms with van der Waals surface area (Å²) in [5.41, 5.74) is 8.66. The Morgan fingerprint density at radius 3 is 2.64 bits per heavy atom. The number of thiophene rings is 1. The number of primary amides is 1. The van der Waals surface area contributed by atoms with Gasteiger partial charge in [-0.2, -0.15) is 0 Å². The van der Waals surface area contributed by atoms with Crippen LogP contribution in [0.5, 0.6) is 0 Å². The topological polar surface area (TPSA) is 85.1 Å². The van der Waals surface area contributed by atoms with Gasteiger partial charge in [0.2, 0.25) is 5.91 Å². The number of hydrogen-bond acceptors (Lipinski definition) is 4. The predicted octanol–water partition coefficient (Wildman–Crippen LogP) is 3.99. The first-order valence-corrected chi connectivity index (χ1v) is 9.60. The number of fused-ring (bicyclic) bond motifs is 1. The molecule has 3 N–H and O–H groups in total. The molecule has 2 heterocycles. The third-order valence-electron chi connectivity index (χ3n) is 4.40. The molecule has 4 rings (SSSR count). The minimum absolute atomic E-state index is 0.194. The van der Waals surface area contributed by atoms with Crippen LogP contribution in [0.4, 0.5) is 0 Å². The lowest BCUT2D eigenvalue weighted by Gasteiger charge is -2.10. The van der Waals surface area contributed by atoms with Crippen molar-refractivity contribution in [3.8, 4) is 10.6 Å². The van der Waals surface area contributed by atoms with Gasteiger partial charge in [0.05, 0.1) is 21.7 Å². The third-order valence-corrected chi connectivity index (χ3v) is 5.29. The van der Waals surface area contributed by atoms with E-state index in [0.29, 0.717) is 17.7 Å².